The number of pyridine rings is 3. The molecule has 3 aromatic carbocycles. The van der Waals surface area contributed by atoms with Gasteiger partial charge in [0.05, 0.1) is 70.8 Å². The topological polar surface area (TPSA) is 190 Å². The van der Waals surface area contributed by atoms with E-state index >= 15 is 0 Å². The fraction of sp³-hybridized carbons (Fsp3) is 0.521. The third-order valence-electron chi connectivity index (χ3n) is 21.3. The molecule has 0 saturated carbocycles. The standard InChI is InChI=1S/C71H86N8O9/c1-8-69(9-2,65(80)83-12-5)45-27-33-75-57(39-45)62(51-28-34-72-54-24-18-15-21-48(51)54)88-68-76-60(86-63(52-29-35-73-55-25-19-16-22-49(52)55)58-40-46-31-37-78(58)43-70(46,10-3)66(81)84-13-6)42-61(77-68)87-64(53-30-36-74-56-26-20-17-23-50(53)56)59-41-47-32-38-79(59)44-71(47,11-4)67(82)85-14-7/h15-26,28-30,34-36,42,45-47,57-59,62-64,75H,8-14,27,31-33,37-41,43-44H2,1-7H3/t45?,46?,47?,57?,58-,59?,62?,63+,64+,70-,71+/m1/s1. The minimum Gasteiger partial charge on any atom is -0.467 e. The predicted molar refractivity (Wildman–Crippen MR) is 336 cm³/mol. The average molecular weight is 1200 g/mol. The van der Waals surface area contributed by atoms with Crippen molar-refractivity contribution in [1.29, 1.82) is 0 Å². The number of nitrogens with zero attached hydrogens (tertiary/aromatic N) is 7. The maximum atomic E-state index is 14.2. The van der Waals surface area contributed by atoms with Crippen molar-refractivity contribution in [1.82, 2.24) is 40.0 Å². The van der Waals surface area contributed by atoms with Gasteiger partial charge in [-0.25, -0.2) is 0 Å². The quantitative estimate of drug-likeness (QED) is 0.0470. The average Bonchev–Trinajstić information content (AvgIpc) is 1.02. The van der Waals surface area contributed by atoms with Gasteiger partial charge in [0.1, 0.15) is 18.3 Å². The van der Waals surface area contributed by atoms with E-state index < -0.39 is 34.6 Å². The van der Waals surface area contributed by atoms with Gasteiger partial charge in [0.2, 0.25) is 11.8 Å². The fourth-order valence-electron chi connectivity index (χ4n) is 16.5. The second-order valence-electron chi connectivity index (χ2n) is 25.0. The number of hydrogen-bond donors (Lipinski definition) is 1. The second-order valence-corrected chi connectivity index (χ2v) is 25.0. The molecule has 4 bridgehead atoms. The molecular formula is C71H86N8O9. The summed E-state index contributed by atoms with van der Waals surface area (Å²) in [6.45, 7) is 18.3. The van der Waals surface area contributed by atoms with Gasteiger partial charge in [0, 0.05) is 70.6 Å². The van der Waals surface area contributed by atoms with Crippen molar-refractivity contribution < 1.29 is 42.8 Å². The first kappa shape index (κ1) is 60.9. The molecule has 88 heavy (non-hydrogen) atoms. The molecule has 7 saturated heterocycles. The Morgan fingerprint density at radius 3 is 1.41 bits per heavy atom. The number of para-hydroxylation sites is 3. The molecule has 0 radical (unpaired) electrons. The van der Waals surface area contributed by atoms with Crippen LogP contribution in [-0.4, -0.2) is 123 Å². The Bertz CT molecular complexity index is 3460. The van der Waals surface area contributed by atoms with Crippen LogP contribution in [-0.2, 0) is 28.6 Å². The summed E-state index contributed by atoms with van der Waals surface area (Å²) in [6.07, 6.45) is 10.6. The third-order valence-corrected chi connectivity index (χ3v) is 21.3. The van der Waals surface area contributed by atoms with Crippen molar-refractivity contribution in [3.63, 3.8) is 0 Å². The Morgan fingerprint density at radius 2 is 1.00 bits per heavy atom. The molecular weight excluding hydrogens is 1110 g/mol. The molecule has 464 valence electrons. The maximum absolute atomic E-state index is 14.2. The van der Waals surface area contributed by atoms with E-state index in [0.29, 0.717) is 84.4 Å². The highest BCUT2D eigenvalue weighted by Gasteiger charge is 2.58. The van der Waals surface area contributed by atoms with Gasteiger partial charge in [0.15, 0.2) is 0 Å². The Balaban J connectivity index is 1.02. The number of benzene rings is 3. The molecule has 1 N–H and O–H groups in total. The number of aromatic nitrogens is 5. The van der Waals surface area contributed by atoms with Crippen molar-refractivity contribution in [2.45, 2.75) is 149 Å². The summed E-state index contributed by atoms with van der Waals surface area (Å²) in [5.41, 5.74) is 3.24. The monoisotopic (exact) mass is 1190 g/mol. The summed E-state index contributed by atoms with van der Waals surface area (Å²) in [5.74, 6) is 0.116. The van der Waals surface area contributed by atoms with Crippen molar-refractivity contribution in [3.05, 3.63) is 132 Å². The van der Waals surface area contributed by atoms with Crippen LogP contribution in [0.3, 0.4) is 0 Å². The number of rotatable bonds is 23. The first-order valence-corrected chi connectivity index (χ1v) is 32.6. The van der Waals surface area contributed by atoms with E-state index in [0.717, 1.165) is 81.8 Å². The first-order chi connectivity index (χ1) is 42.9. The van der Waals surface area contributed by atoms with Gasteiger partial charge in [-0.05, 0) is 159 Å². The number of piperidine rings is 7. The molecule has 13 atom stereocenters. The van der Waals surface area contributed by atoms with Crippen molar-refractivity contribution in [2.24, 2.45) is 34.0 Å². The summed E-state index contributed by atoms with van der Waals surface area (Å²) in [4.78, 5) is 72.3. The van der Waals surface area contributed by atoms with Gasteiger partial charge < -0.3 is 33.7 Å². The number of nitrogens with one attached hydrogen (secondary N) is 1. The minimum absolute atomic E-state index is 0.0273. The van der Waals surface area contributed by atoms with Crippen LogP contribution in [0.2, 0.25) is 0 Å². The lowest BCUT2D eigenvalue weighted by Gasteiger charge is -2.56. The van der Waals surface area contributed by atoms with E-state index in [2.05, 4.69) is 61.0 Å². The lowest BCUT2D eigenvalue weighted by Crippen LogP contribution is -2.63. The van der Waals surface area contributed by atoms with Crippen LogP contribution in [0.1, 0.15) is 148 Å². The van der Waals surface area contributed by atoms with Crippen molar-refractivity contribution >= 4 is 50.6 Å². The summed E-state index contributed by atoms with van der Waals surface area (Å²) in [7, 11) is 0. The first-order valence-electron chi connectivity index (χ1n) is 32.6. The normalized spacial score (nSPS) is 26.9. The van der Waals surface area contributed by atoms with Gasteiger partial charge in [-0.1, -0.05) is 82.3 Å². The highest BCUT2D eigenvalue weighted by molar-refractivity contribution is 5.85. The maximum Gasteiger partial charge on any atom is 0.323 e. The van der Waals surface area contributed by atoms with E-state index in [-0.39, 0.29) is 71.6 Å². The molecule has 7 fully saturated rings. The van der Waals surface area contributed by atoms with Crippen molar-refractivity contribution in [2.75, 3.05) is 52.5 Å². The van der Waals surface area contributed by atoms with Crippen LogP contribution >= 0.6 is 0 Å². The molecule has 7 aliphatic heterocycles. The van der Waals surface area contributed by atoms with Gasteiger partial charge in [-0.3, -0.25) is 39.1 Å². The fourth-order valence-corrected chi connectivity index (χ4v) is 16.5. The summed E-state index contributed by atoms with van der Waals surface area (Å²) in [5, 5.41) is 6.67. The Hall–Kier alpha value is -7.34. The lowest BCUT2D eigenvalue weighted by molar-refractivity contribution is -0.176. The van der Waals surface area contributed by atoms with E-state index in [4.69, 9.17) is 53.3 Å². The number of carbonyl (C=O) groups is 3. The Morgan fingerprint density at radius 1 is 0.557 bits per heavy atom. The number of hydrogen-bond acceptors (Lipinski definition) is 17. The molecule has 11 heterocycles. The largest absolute Gasteiger partial charge is 0.467 e. The summed E-state index contributed by atoms with van der Waals surface area (Å²) >= 11 is 0. The molecule has 4 aromatic heterocycles. The Kier molecular flexibility index (Phi) is 18.0. The van der Waals surface area contributed by atoms with E-state index in [9.17, 15) is 14.4 Å². The SMILES string of the molecule is CCOC(=O)C(CC)(CC)C1CCNC(C(Oc2nc(O[C@@H](c3ccnc4ccccc34)C3CC4CCN3C[C@]4(CC)C(=O)OCC)cc(O[C@@H](c3ccnc4ccccc34)[C@H]3CC4CCN3C[C@@]4(CC)C(=O)OCC)n2)c2ccnc3ccccc23)C1. The van der Waals surface area contributed by atoms with E-state index in [1.807, 2.05) is 112 Å². The van der Waals surface area contributed by atoms with Crippen LogP contribution in [0.25, 0.3) is 32.7 Å². The van der Waals surface area contributed by atoms with Gasteiger partial charge in [-0.15, -0.1) is 0 Å². The lowest BCUT2D eigenvalue weighted by atomic mass is 9.62. The van der Waals surface area contributed by atoms with E-state index in [1.54, 1.807) is 6.07 Å². The summed E-state index contributed by atoms with van der Waals surface area (Å²) in [6, 6.07) is 31.6. The van der Waals surface area contributed by atoms with Crippen LogP contribution in [0.15, 0.2) is 116 Å². The molecule has 0 aliphatic carbocycles. The molecule has 17 heteroatoms. The molecule has 0 spiro atoms. The van der Waals surface area contributed by atoms with Gasteiger partial charge in [0.25, 0.3) is 0 Å². The van der Waals surface area contributed by atoms with Gasteiger partial charge >= 0.3 is 23.9 Å². The van der Waals surface area contributed by atoms with Crippen molar-refractivity contribution in [3.8, 4) is 17.8 Å². The zero-order valence-electron chi connectivity index (χ0n) is 52.2. The third kappa shape index (κ3) is 11.1. The number of carbonyl (C=O) groups excluding carboxylic acids is 3. The molecule has 14 rings (SSSR count). The highest BCUT2D eigenvalue weighted by atomic mass is 16.5. The minimum atomic E-state index is -0.706. The number of esters is 3. The summed E-state index contributed by atoms with van der Waals surface area (Å²) < 4.78 is 40.4. The van der Waals surface area contributed by atoms with Crippen LogP contribution in [0, 0.1) is 34.0 Å². The van der Waals surface area contributed by atoms with Crippen LogP contribution in [0.4, 0.5) is 0 Å². The molecule has 7 aliphatic rings. The van der Waals surface area contributed by atoms with Crippen LogP contribution < -0.4 is 19.5 Å². The van der Waals surface area contributed by atoms with Crippen LogP contribution in [0.5, 0.6) is 17.8 Å². The molecule has 0 amide bonds. The second kappa shape index (κ2) is 26.0. The van der Waals surface area contributed by atoms with Gasteiger partial charge in [-0.2, -0.15) is 9.97 Å². The zero-order valence-corrected chi connectivity index (χ0v) is 52.2. The number of fused-ring (bicyclic) bond motifs is 9. The Labute approximate surface area is 517 Å². The van der Waals surface area contributed by atoms with E-state index in [1.165, 1.54) is 0 Å². The highest BCUT2D eigenvalue weighted by Crippen LogP contribution is 2.54. The molecule has 8 unspecified atom stereocenters. The predicted octanol–water partition coefficient (Wildman–Crippen LogP) is 12.3. The number of ether oxygens (including phenoxy) is 6. The smallest absolute Gasteiger partial charge is 0.323 e. The zero-order chi connectivity index (χ0) is 61.2. The molecule has 7 aromatic rings. The molecule has 17 nitrogen and oxygen atoms in total.